The van der Waals surface area contributed by atoms with E-state index < -0.39 is 36.1 Å². The molecule has 4 atom stereocenters. The van der Waals surface area contributed by atoms with Gasteiger partial charge < -0.3 is 26.1 Å². The van der Waals surface area contributed by atoms with Crippen LogP contribution in [0, 0.1) is 11.3 Å². The number of aliphatic hydroxyl groups excluding tert-OH is 2. The molecule has 0 saturated carbocycles. The second kappa shape index (κ2) is 4.72. The second-order valence-electron chi connectivity index (χ2n) is 4.61. The van der Waals surface area contributed by atoms with E-state index in [1.54, 1.807) is 6.92 Å². The van der Waals surface area contributed by atoms with Gasteiger partial charge in [0.2, 0.25) is 0 Å². The van der Waals surface area contributed by atoms with Gasteiger partial charge in [-0.2, -0.15) is 4.98 Å². The van der Waals surface area contributed by atoms with Crippen LogP contribution >= 0.6 is 0 Å². The quantitative estimate of drug-likeness (QED) is 0.505. The van der Waals surface area contributed by atoms with Gasteiger partial charge in [-0.1, -0.05) is 6.92 Å². The Morgan fingerprint density at radius 1 is 1.74 bits per heavy atom. The zero-order valence-corrected chi connectivity index (χ0v) is 10.4. The molecule has 1 aromatic rings. The molecule has 0 spiro atoms. The highest BCUT2D eigenvalue weighted by Gasteiger charge is 2.52. The summed E-state index contributed by atoms with van der Waals surface area (Å²) in [6, 6.07) is 1.44. The van der Waals surface area contributed by atoms with Crippen molar-refractivity contribution in [2.75, 3.05) is 12.3 Å². The van der Waals surface area contributed by atoms with Crippen molar-refractivity contribution in [2.24, 2.45) is 5.92 Å². The van der Waals surface area contributed by atoms with Crippen molar-refractivity contribution in [1.82, 2.24) is 9.55 Å². The first-order valence-corrected chi connectivity index (χ1v) is 5.78. The average molecular weight is 268 g/mol. The molecule has 1 aliphatic rings. The Hall–Kier alpha value is -1.77. The Morgan fingerprint density at radius 2 is 2.42 bits per heavy atom. The fourth-order valence-electron chi connectivity index (χ4n) is 2.23. The number of nitrogens with zero attached hydrogens (tertiary/aromatic N) is 2. The first-order valence-electron chi connectivity index (χ1n) is 5.78. The number of rotatable bonds is 3. The first kappa shape index (κ1) is 13.7. The molecular formula is C11H16N4O4. The third kappa shape index (κ3) is 2.03. The van der Waals surface area contributed by atoms with Crippen LogP contribution in [-0.2, 0) is 4.74 Å². The highest BCUT2D eigenvalue weighted by Crippen LogP contribution is 2.39. The maximum atomic E-state index is 11.8. The van der Waals surface area contributed by atoms with Gasteiger partial charge in [0, 0.05) is 18.3 Å². The van der Waals surface area contributed by atoms with E-state index in [-0.39, 0.29) is 5.82 Å². The van der Waals surface area contributed by atoms with Crippen molar-refractivity contribution in [2.45, 2.75) is 24.9 Å². The van der Waals surface area contributed by atoms with Crippen LogP contribution in [0.4, 0.5) is 5.82 Å². The molecule has 2 heterocycles. The Labute approximate surface area is 109 Å². The summed E-state index contributed by atoms with van der Waals surface area (Å²) in [6.07, 6.45) is 0.355. The Morgan fingerprint density at radius 3 is 2.89 bits per heavy atom. The molecule has 8 nitrogen and oxygen atoms in total. The fourth-order valence-corrected chi connectivity index (χ4v) is 2.23. The van der Waals surface area contributed by atoms with E-state index >= 15 is 0 Å². The number of nitrogens with one attached hydrogen (secondary N) is 1. The fraction of sp³-hybridized carbons (Fsp3) is 0.545. The number of hydrogen-bond acceptors (Lipinski definition) is 7. The van der Waals surface area contributed by atoms with E-state index in [4.69, 9.17) is 15.9 Å². The molecule has 0 aliphatic carbocycles. The molecule has 1 fully saturated rings. The minimum atomic E-state index is -1.50. The Balaban J connectivity index is 2.42. The maximum absolute atomic E-state index is 11.8. The summed E-state index contributed by atoms with van der Waals surface area (Å²) in [6.45, 7) is 1.12. The number of nitrogen functional groups attached to an aromatic ring is 1. The van der Waals surface area contributed by atoms with Gasteiger partial charge in [0.05, 0.1) is 12.7 Å². The van der Waals surface area contributed by atoms with Crippen LogP contribution in [0.25, 0.3) is 0 Å². The van der Waals surface area contributed by atoms with E-state index in [0.717, 1.165) is 6.21 Å². The first-order chi connectivity index (χ1) is 8.95. The minimum absolute atomic E-state index is 0.0907. The van der Waals surface area contributed by atoms with Crippen molar-refractivity contribution in [3.05, 3.63) is 22.7 Å². The Bertz CT molecular complexity index is 546. The molecule has 0 radical (unpaired) electrons. The van der Waals surface area contributed by atoms with Gasteiger partial charge in [0.15, 0.2) is 5.60 Å². The molecule has 4 unspecified atom stereocenters. The van der Waals surface area contributed by atoms with Crippen molar-refractivity contribution < 1.29 is 14.9 Å². The maximum Gasteiger partial charge on any atom is 0.351 e. The van der Waals surface area contributed by atoms with Gasteiger partial charge in [-0.05, 0) is 6.07 Å². The molecule has 0 amide bonds. The molecule has 1 aliphatic heterocycles. The van der Waals surface area contributed by atoms with E-state index in [1.165, 1.54) is 16.8 Å². The van der Waals surface area contributed by atoms with E-state index in [9.17, 15) is 15.0 Å². The van der Waals surface area contributed by atoms with Gasteiger partial charge in [-0.3, -0.25) is 4.57 Å². The summed E-state index contributed by atoms with van der Waals surface area (Å²) in [5, 5.41) is 26.7. The van der Waals surface area contributed by atoms with Gasteiger partial charge in [-0.25, -0.2) is 4.79 Å². The van der Waals surface area contributed by atoms with E-state index in [1.807, 2.05) is 0 Å². The lowest BCUT2D eigenvalue weighted by Crippen LogP contribution is -2.45. The summed E-state index contributed by atoms with van der Waals surface area (Å²) < 4.78 is 6.70. The topological polar surface area (TPSA) is 134 Å². The second-order valence-corrected chi connectivity index (χ2v) is 4.61. The van der Waals surface area contributed by atoms with Crippen LogP contribution < -0.4 is 11.4 Å². The number of nitrogens with two attached hydrogens (primary N) is 1. The number of ether oxygens (including phenoxy) is 1. The number of hydrogen-bond donors (Lipinski definition) is 4. The lowest BCUT2D eigenvalue weighted by molar-refractivity contribution is -0.0826. The van der Waals surface area contributed by atoms with Crippen LogP contribution in [0.3, 0.4) is 0 Å². The van der Waals surface area contributed by atoms with Crippen LogP contribution in [0.5, 0.6) is 0 Å². The lowest BCUT2D eigenvalue weighted by atomic mass is 9.92. The van der Waals surface area contributed by atoms with Crippen molar-refractivity contribution in [3.8, 4) is 0 Å². The summed E-state index contributed by atoms with van der Waals surface area (Å²) in [5.41, 5.74) is 3.30. The van der Waals surface area contributed by atoms with Crippen LogP contribution in [0.2, 0.25) is 0 Å². The van der Waals surface area contributed by atoms with E-state index in [2.05, 4.69) is 4.98 Å². The molecule has 5 N–H and O–H groups in total. The van der Waals surface area contributed by atoms with Crippen molar-refractivity contribution >= 4 is 12.0 Å². The zero-order chi connectivity index (χ0) is 14.2. The summed E-state index contributed by atoms with van der Waals surface area (Å²) in [4.78, 5) is 15.3. The predicted octanol–water partition coefficient (Wildman–Crippen LogP) is -1.27. The molecule has 1 saturated heterocycles. The summed E-state index contributed by atoms with van der Waals surface area (Å²) >= 11 is 0. The molecular weight excluding hydrogens is 252 g/mol. The molecule has 2 rings (SSSR count). The number of anilines is 1. The molecule has 0 aromatic carbocycles. The highest BCUT2D eigenvalue weighted by atomic mass is 16.6. The van der Waals surface area contributed by atoms with Crippen molar-refractivity contribution in [1.29, 1.82) is 5.41 Å². The molecule has 1 aromatic heterocycles. The van der Waals surface area contributed by atoms with Gasteiger partial charge >= 0.3 is 5.69 Å². The molecule has 8 heteroatoms. The number of aromatic nitrogens is 2. The van der Waals surface area contributed by atoms with Gasteiger partial charge in [0.1, 0.15) is 12.0 Å². The summed E-state index contributed by atoms with van der Waals surface area (Å²) in [5.74, 6) is -0.398. The monoisotopic (exact) mass is 268 g/mol. The molecule has 19 heavy (non-hydrogen) atoms. The lowest BCUT2D eigenvalue weighted by Gasteiger charge is -2.25. The van der Waals surface area contributed by atoms with Crippen LogP contribution in [0.15, 0.2) is 17.1 Å². The Kier molecular flexibility index (Phi) is 3.40. The van der Waals surface area contributed by atoms with Gasteiger partial charge in [-0.15, -0.1) is 0 Å². The van der Waals surface area contributed by atoms with Gasteiger partial charge in [0.25, 0.3) is 0 Å². The largest absolute Gasteiger partial charge is 0.393 e. The molecule has 104 valence electrons. The predicted molar refractivity (Wildman–Crippen MR) is 66.8 cm³/mol. The SMILES string of the molecule is CC1C(n2ccc(N)nc2=O)OC(C=N)(CO)C1O. The smallest absolute Gasteiger partial charge is 0.351 e. The standard InChI is InChI=1S/C11H16N4O4/c1-6-8(17)11(4-12,5-16)19-9(6)15-3-2-7(13)14-10(15)18/h2-4,6,8-9,12,16-17H,5H2,1H3,(H2,13,14,18). The third-order valence-corrected chi connectivity index (χ3v) is 3.41. The third-order valence-electron chi connectivity index (χ3n) is 3.41. The average Bonchev–Trinajstić information content (AvgIpc) is 2.64. The number of aliphatic hydroxyl groups is 2. The van der Waals surface area contributed by atoms with Crippen LogP contribution in [0.1, 0.15) is 13.2 Å². The van der Waals surface area contributed by atoms with E-state index in [0.29, 0.717) is 0 Å². The van der Waals surface area contributed by atoms with Crippen molar-refractivity contribution in [3.63, 3.8) is 0 Å². The molecule has 0 bridgehead atoms. The van der Waals surface area contributed by atoms with Crippen LogP contribution in [-0.4, -0.2) is 44.3 Å². The zero-order valence-electron chi connectivity index (χ0n) is 10.4. The minimum Gasteiger partial charge on any atom is -0.393 e. The highest BCUT2D eigenvalue weighted by molar-refractivity contribution is 5.67. The summed E-state index contributed by atoms with van der Waals surface area (Å²) in [7, 11) is 0. The normalized spacial score (nSPS) is 34.4.